The molecule has 1 amide bonds. The topological polar surface area (TPSA) is 62.4 Å². The summed E-state index contributed by atoms with van der Waals surface area (Å²) in [6.45, 7) is 4.11. The van der Waals surface area contributed by atoms with Crippen molar-refractivity contribution in [3.63, 3.8) is 0 Å². The number of rotatable bonds is 5. The third-order valence-corrected chi connectivity index (χ3v) is 5.34. The number of nitrogens with one attached hydrogen (secondary N) is 1. The van der Waals surface area contributed by atoms with Gasteiger partial charge >= 0.3 is 0 Å². The lowest BCUT2D eigenvalue weighted by Crippen LogP contribution is -2.33. The van der Waals surface area contributed by atoms with Crippen LogP contribution in [0.2, 0.25) is 0 Å². The molecule has 5 heteroatoms. The minimum Gasteiger partial charge on any atom is -0.496 e. The summed E-state index contributed by atoms with van der Waals surface area (Å²) in [5.41, 5.74) is 4.41. The highest BCUT2D eigenvalue weighted by Gasteiger charge is 2.22. The average molecular weight is 412 g/mol. The van der Waals surface area contributed by atoms with Gasteiger partial charge in [-0.1, -0.05) is 42.0 Å². The number of aromatic amines is 1. The summed E-state index contributed by atoms with van der Waals surface area (Å²) in [7, 11) is 1.54. The van der Waals surface area contributed by atoms with Crippen LogP contribution in [-0.4, -0.2) is 18.0 Å². The smallest absolute Gasteiger partial charge is 0.262 e. The monoisotopic (exact) mass is 412 g/mol. The highest BCUT2D eigenvalue weighted by Crippen LogP contribution is 2.25. The van der Waals surface area contributed by atoms with Crippen molar-refractivity contribution < 1.29 is 9.53 Å². The molecule has 1 N–H and O–H groups in total. The molecular weight excluding hydrogens is 388 g/mol. The summed E-state index contributed by atoms with van der Waals surface area (Å²) in [5.74, 6) is 0.261. The van der Waals surface area contributed by atoms with E-state index in [-0.39, 0.29) is 18.0 Å². The summed E-state index contributed by atoms with van der Waals surface area (Å²) in [4.78, 5) is 31.0. The number of carbonyl (C=O) groups excluding carboxylic acids is 1. The van der Waals surface area contributed by atoms with Crippen LogP contribution in [0.5, 0.6) is 5.75 Å². The van der Waals surface area contributed by atoms with Gasteiger partial charge in [-0.3, -0.25) is 9.59 Å². The van der Waals surface area contributed by atoms with E-state index in [9.17, 15) is 9.59 Å². The van der Waals surface area contributed by atoms with Crippen LogP contribution in [0.15, 0.2) is 77.6 Å². The fraction of sp³-hybridized carbons (Fsp3) is 0.154. The standard InChI is InChI=1S/C26H24N2O3/c1-17-9-12-21(13-10-17)28(26(30)22-6-4-5-7-24(22)31-3)16-20-15-19-11-8-18(2)14-23(19)27-25(20)29/h4-15H,16H2,1-3H3,(H,27,29). The van der Waals surface area contributed by atoms with Crippen molar-refractivity contribution in [3.8, 4) is 5.75 Å². The van der Waals surface area contributed by atoms with Crippen LogP contribution in [-0.2, 0) is 6.54 Å². The predicted molar refractivity (Wildman–Crippen MR) is 124 cm³/mol. The van der Waals surface area contributed by atoms with Crippen molar-refractivity contribution in [2.75, 3.05) is 12.0 Å². The number of fused-ring (bicyclic) bond motifs is 1. The number of para-hydroxylation sites is 1. The van der Waals surface area contributed by atoms with Crippen molar-refractivity contribution in [3.05, 3.63) is 105 Å². The van der Waals surface area contributed by atoms with Gasteiger partial charge in [-0.15, -0.1) is 0 Å². The maximum absolute atomic E-state index is 13.6. The van der Waals surface area contributed by atoms with E-state index in [1.54, 1.807) is 30.2 Å². The van der Waals surface area contributed by atoms with Crippen molar-refractivity contribution in [1.29, 1.82) is 0 Å². The third-order valence-electron chi connectivity index (χ3n) is 5.34. The Morgan fingerprint density at radius 1 is 0.935 bits per heavy atom. The van der Waals surface area contributed by atoms with Gasteiger partial charge in [-0.25, -0.2) is 0 Å². The molecule has 0 aliphatic heterocycles. The van der Waals surface area contributed by atoms with Crippen molar-refractivity contribution in [2.24, 2.45) is 0 Å². The zero-order valence-corrected chi connectivity index (χ0v) is 17.8. The first-order chi connectivity index (χ1) is 15.0. The summed E-state index contributed by atoms with van der Waals surface area (Å²) < 4.78 is 5.40. The van der Waals surface area contributed by atoms with Crippen LogP contribution in [0.25, 0.3) is 10.9 Å². The zero-order chi connectivity index (χ0) is 22.0. The molecule has 156 valence electrons. The Labute approximate surface area is 180 Å². The van der Waals surface area contributed by atoms with Gasteiger partial charge in [0.25, 0.3) is 11.5 Å². The summed E-state index contributed by atoms with van der Waals surface area (Å²) in [5, 5.41) is 0.925. The number of anilines is 1. The SMILES string of the molecule is COc1ccccc1C(=O)N(Cc1cc2ccc(C)cc2[nH]c1=O)c1ccc(C)cc1. The molecule has 0 bridgehead atoms. The lowest BCUT2D eigenvalue weighted by atomic mass is 10.1. The second kappa shape index (κ2) is 8.48. The van der Waals surface area contributed by atoms with Crippen LogP contribution in [0.3, 0.4) is 0 Å². The minimum absolute atomic E-state index is 0.138. The van der Waals surface area contributed by atoms with E-state index in [0.29, 0.717) is 22.6 Å². The molecule has 1 aromatic heterocycles. The van der Waals surface area contributed by atoms with E-state index >= 15 is 0 Å². The highest BCUT2D eigenvalue weighted by molar-refractivity contribution is 6.07. The van der Waals surface area contributed by atoms with E-state index in [2.05, 4.69) is 4.98 Å². The number of ether oxygens (including phenoxy) is 1. The quantitative estimate of drug-likeness (QED) is 0.502. The second-order valence-electron chi connectivity index (χ2n) is 7.64. The molecule has 3 aromatic carbocycles. The number of hydrogen-bond donors (Lipinski definition) is 1. The van der Waals surface area contributed by atoms with E-state index in [1.807, 2.05) is 68.4 Å². The number of benzene rings is 3. The van der Waals surface area contributed by atoms with Crippen molar-refractivity contribution >= 4 is 22.5 Å². The van der Waals surface area contributed by atoms with Gasteiger partial charge < -0.3 is 14.6 Å². The number of methoxy groups -OCH3 is 1. The molecule has 1 heterocycles. The molecule has 0 aliphatic carbocycles. The van der Waals surface area contributed by atoms with E-state index in [0.717, 1.165) is 22.0 Å². The first kappa shape index (κ1) is 20.4. The van der Waals surface area contributed by atoms with Gasteiger partial charge in [0.15, 0.2) is 0 Å². The average Bonchev–Trinajstić information content (AvgIpc) is 2.78. The summed E-state index contributed by atoms with van der Waals surface area (Å²) >= 11 is 0. The van der Waals surface area contributed by atoms with Crippen LogP contribution in [0, 0.1) is 13.8 Å². The Bertz CT molecular complexity index is 1310. The molecule has 5 nitrogen and oxygen atoms in total. The molecule has 0 aliphatic rings. The maximum Gasteiger partial charge on any atom is 0.262 e. The fourth-order valence-corrected chi connectivity index (χ4v) is 3.62. The lowest BCUT2D eigenvalue weighted by molar-refractivity contribution is 0.0982. The predicted octanol–water partition coefficient (Wildman–Crippen LogP) is 5.00. The number of aromatic nitrogens is 1. The third kappa shape index (κ3) is 4.21. The van der Waals surface area contributed by atoms with E-state index in [1.165, 1.54) is 0 Å². The Morgan fingerprint density at radius 2 is 1.65 bits per heavy atom. The number of nitrogens with zero attached hydrogens (tertiary/aromatic N) is 1. The van der Waals surface area contributed by atoms with Gasteiger partial charge in [-0.2, -0.15) is 0 Å². The number of hydrogen-bond acceptors (Lipinski definition) is 3. The molecule has 31 heavy (non-hydrogen) atoms. The normalized spacial score (nSPS) is 10.8. The molecule has 0 spiro atoms. The van der Waals surface area contributed by atoms with Gasteiger partial charge in [0.1, 0.15) is 5.75 Å². The van der Waals surface area contributed by atoms with Gasteiger partial charge in [0.05, 0.1) is 19.2 Å². The summed E-state index contributed by atoms with van der Waals surface area (Å²) in [6, 6.07) is 22.6. The Hall–Kier alpha value is -3.86. The first-order valence-electron chi connectivity index (χ1n) is 10.1. The molecule has 0 fully saturated rings. The molecule has 0 saturated carbocycles. The number of pyridine rings is 1. The molecular formula is C26H24N2O3. The van der Waals surface area contributed by atoms with Crippen molar-refractivity contribution in [2.45, 2.75) is 20.4 Å². The number of carbonyl (C=O) groups is 1. The molecule has 0 radical (unpaired) electrons. The Balaban J connectivity index is 1.80. The molecule has 0 unspecified atom stereocenters. The zero-order valence-electron chi connectivity index (χ0n) is 17.8. The lowest BCUT2D eigenvalue weighted by Gasteiger charge is -2.24. The van der Waals surface area contributed by atoms with Crippen molar-refractivity contribution in [1.82, 2.24) is 4.98 Å². The number of H-pyrrole nitrogens is 1. The second-order valence-corrected chi connectivity index (χ2v) is 7.64. The van der Waals surface area contributed by atoms with E-state index in [4.69, 9.17) is 4.74 Å². The number of aryl methyl sites for hydroxylation is 2. The van der Waals surface area contributed by atoms with Crippen LogP contribution in [0.1, 0.15) is 27.0 Å². The first-order valence-corrected chi connectivity index (χ1v) is 10.1. The van der Waals surface area contributed by atoms with Crippen LogP contribution < -0.4 is 15.2 Å². The molecule has 4 rings (SSSR count). The Morgan fingerprint density at radius 3 is 2.39 bits per heavy atom. The number of amides is 1. The van der Waals surface area contributed by atoms with Crippen LogP contribution in [0.4, 0.5) is 5.69 Å². The summed E-state index contributed by atoms with van der Waals surface area (Å²) in [6.07, 6.45) is 0. The van der Waals surface area contributed by atoms with Gasteiger partial charge in [-0.05, 0) is 61.2 Å². The molecule has 0 saturated heterocycles. The largest absolute Gasteiger partial charge is 0.496 e. The van der Waals surface area contributed by atoms with Gasteiger partial charge in [0.2, 0.25) is 0 Å². The minimum atomic E-state index is -0.232. The molecule has 0 atom stereocenters. The maximum atomic E-state index is 13.6. The van der Waals surface area contributed by atoms with Crippen LogP contribution >= 0.6 is 0 Å². The van der Waals surface area contributed by atoms with E-state index < -0.39 is 0 Å². The van der Waals surface area contributed by atoms with Gasteiger partial charge in [0, 0.05) is 16.8 Å². The Kier molecular flexibility index (Phi) is 5.58. The highest BCUT2D eigenvalue weighted by atomic mass is 16.5. The fourth-order valence-electron chi connectivity index (χ4n) is 3.62. The molecule has 4 aromatic rings.